The number of anilines is 1. The second-order valence-electron chi connectivity index (χ2n) is 11.0. The smallest absolute Gasteiger partial charge is 0.225 e. The van der Waals surface area contributed by atoms with Gasteiger partial charge in [0.15, 0.2) is 0 Å². The van der Waals surface area contributed by atoms with Gasteiger partial charge >= 0.3 is 0 Å². The fourth-order valence-electron chi connectivity index (χ4n) is 5.81. The van der Waals surface area contributed by atoms with Gasteiger partial charge in [-0.3, -0.25) is 0 Å². The van der Waals surface area contributed by atoms with Gasteiger partial charge in [-0.1, -0.05) is 37.6 Å². The Balaban J connectivity index is 1.18. The number of hydrogen-bond donors (Lipinski definition) is 1. The molecular formula is C31H36ClN5O. The van der Waals surface area contributed by atoms with Crippen LogP contribution in [0.3, 0.4) is 0 Å². The molecule has 198 valence electrons. The van der Waals surface area contributed by atoms with E-state index in [4.69, 9.17) is 21.3 Å². The Morgan fingerprint density at radius 1 is 1.00 bits per heavy atom. The molecule has 1 aromatic heterocycles. The minimum Gasteiger partial charge on any atom is -0.487 e. The van der Waals surface area contributed by atoms with Gasteiger partial charge in [0.1, 0.15) is 12.4 Å². The lowest BCUT2D eigenvalue weighted by Gasteiger charge is -2.37. The van der Waals surface area contributed by atoms with E-state index in [0.717, 1.165) is 53.4 Å². The summed E-state index contributed by atoms with van der Waals surface area (Å²) < 4.78 is 6.08. The normalized spacial score (nSPS) is 17.3. The monoisotopic (exact) mass is 529 g/mol. The number of ether oxygens (including phenoxy) is 1. The molecule has 3 heterocycles. The predicted octanol–water partition coefficient (Wildman–Crippen LogP) is 6.12. The molecule has 0 radical (unpaired) electrons. The molecule has 2 fully saturated rings. The summed E-state index contributed by atoms with van der Waals surface area (Å²) in [6, 6.07) is 17.7. The average Bonchev–Trinajstić information content (AvgIpc) is 2.96. The van der Waals surface area contributed by atoms with E-state index in [-0.39, 0.29) is 5.41 Å². The third-order valence-electron chi connectivity index (χ3n) is 8.28. The minimum absolute atomic E-state index is 0.308. The molecule has 0 atom stereocenters. The summed E-state index contributed by atoms with van der Waals surface area (Å²) in [5.74, 6) is 3.30. The standard InChI is InChI=1S/C31H36ClN5O/c1-31(2,26-17-22(20-33)18-27(32)19-26)25-3-5-29(6-4-25)38-21-28-9-14-35-30(36-28)37-15-10-24(11-16-37)23-7-12-34-13-8-23/h3-6,9,14,17-19,23-24,34H,7-8,10-13,15-16,21H2,1-2H3. The van der Waals surface area contributed by atoms with E-state index < -0.39 is 0 Å². The topological polar surface area (TPSA) is 74.1 Å². The Hall–Kier alpha value is -3.14. The van der Waals surface area contributed by atoms with Crippen LogP contribution in [0.15, 0.2) is 54.7 Å². The van der Waals surface area contributed by atoms with Gasteiger partial charge < -0.3 is 15.0 Å². The summed E-state index contributed by atoms with van der Waals surface area (Å²) in [7, 11) is 0. The number of aromatic nitrogens is 2. The molecule has 1 N–H and O–H groups in total. The maximum atomic E-state index is 9.32. The first kappa shape index (κ1) is 26.5. The lowest BCUT2D eigenvalue weighted by Crippen LogP contribution is -2.40. The Kier molecular flexibility index (Phi) is 8.16. The van der Waals surface area contributed by atoms with Gasteiger partial charge in [0.05, 0.1) is 17.3 Å². The molecule has 0 saturated carbocycles. The molecule has 0 unspecified atom stereocenters. The third kappa shape index (κ3) is 6.11. The SMILES string of the molecule is CC(C)(c1ccc(OCc2ccnc(N3CCC(C4CCNCC4)CC3)n2)cc1)c1cc(Cl)cc(C#N)c1. The number of halogens is 1. The number of nitriles is 1. The lowest BCUT2D eigenvalue weighted by atomic mass is 9.78. The van der Waals surface area contributed by atoms with Crippen molar-refractivity contribution in [3.8, 4) is 11.8 Å². The van der Waals surface area contributed by atoms with Crippen LogP contribution < -0.4 is 15.0 Å². The Bertz CT molecular complexity index is 1270. The summed E-state index contributed by atoms with van der Waals surface area (Å²) in [6.07, 6.45) is 6.92. The highest BCUT2D eigenvalue weighted by molar-refractivity contribution is 6.30. The van der Waals surface area contributed by atoms with Crippen molar-refractivity contribution in [2.75, 3.05) is 31.1 Å². The van der Waals surface area contributed by atoms with Crippen LogP contribution in [0.2, 0.25) is 5.02 Å². The van der Waals surface area contributed by atoms with Crippen molar-refractivity contribution in [3.05, 3.63) is 82.1 Å². The van der Waals surface area contributed by atoms with Crippen LogP contribution in [0.25, 0.3) is 0 Å². The third-order valence-corrected chi connectivity index (χ3v) is 8.50. The molecule has 6 nitrogen and oxygen atoms in total. The van der Waals surface area contributed by atoms with Crippen molar-refractivity contribution < 1.29 is 4.74 Å². The number of benzene rings is 2. The Morgan fingerprint density at radius 3 is 2.42 bits per heavy atom. The fraction of sp³-hybridized carbons (Fsp3) is 0.452. The zero-order valence-corrected chi connectivity index (χ0v) is 23.0. The molecule has 5 rings (SSSR count). The molecule has 38 heavy (non-hydrogen) atoms. The van der Waals surface area contributed by atoms with E-state index in [1.807, 2.05) is 36.5 Å². The second-order valence-corrected chi connectivity index (χ2v) is 11.5. The largest absolute Gasteiger partial charge is 0.487 e. The Morgan fingerprint density at radius 2 is 1.71 bits per heavy atom. The molecule has 0 aliphatic carbocycles. The first-order valence-electron chi connectivity index (χ1n) is 13.6. The first-order valence-corrected chi connectivity index (χ1v) is 14.0. The zero-order valence-electron chi connectivity index (χ0n) is 22.3. The van der Waals surface area contributed by atoms with Crippen LogP contribution in [-0.4, -0.2) is 36.1 Å². The average molecular weight is 530 g/mol. The molecule has 2 saturated heterocycles. The maximum Gasteiger partial charge on any atom is 0.225 e. The minimum atomic E-state index is -0.308. The molecule has 0 amide bonds. The van der Waals surface area contributed by atoms with Gasteiger partial charge in [0.2, 0.25) is 5.95 Å². The van der Waals surface area contributed by atoms with E-state index >= 15 is 0 Å². The van der Waals surface area contributed by atoms with Crippen molar-refractivity contribution in [2.24, 2.45) is 11.8 Å². The summed E-state index contributed by atoms with van der Waals surface area (Å²) in [6.45, 7) is 9.05. The van der Waals surface area contributed by atoms with E-state index in [1.54, 1.807) is 6.07 Å². The molecule has 2 aromatic carbocycles. The highest BCUT2D eigenvalue weighted by atomic mass is 35.5. The molecule has 0 spiro atoms. The number of nitrogens with zero attached hydrogens (tertiary/aromatic N) is 4. The van der Waals surface area contributed by atoms with E-state index in [2.05, 4.69) is 47.3 Å². The van der Waals surface area contributed by atoms with Gasteiger partial charge in [-0.05, 0) is 98.1 Å². The molecule has 3 aromatic rings. The zero-order chi connectivity index (χ0) is 26.5. The van der Waals surface area contributed by atoms with E-state index in [1.165, 1.54) is 38.8 Å². The first-order chi connectivity index (χ1) is 18.4. The van der Waals surface area contributed by atoms with Crippen LogP contribution in [-0.2, 0) is 12.0 Å². The van der Waals surface area contributed by atoms with E-state index in [9.17, 15) is 5.26 Å². The van der Waals surface area contributed by atoms with Crippen LogP contribution >= 0.6 is 11.6 Å². The molecule has 0 bridgehead atoms. The summed E-state index contributed by atoms with van der Waals surface area (Å²) >= 11 is 6.26. The quantitative estimate of drug-likeness (QED) is 0.397. The number of rotatable bonds is 7. The van der Waals surface area contributed by atoms with Crippen molar-refractivity contribution >= 4 is 17.5 Å². The summed E-state index contributed by atoms with van der Waals surface area (Å²) in [5, 5.41) is 13.4. The van der Waals surface area contributed by atoms with Gasteiger partial charge in [-0.2, -0.15) is 5.26 Å². The molecule has 2 aliphatic rings. The van der Waals surface area contributed by atoms with E-state index in [0.29, 0.717) is 17.2 Å². The maximum absolute atomic E-state index is 9.32. The van der Waals surface area contributed by atoms with Gasteiger partial charge in [0.25, 0.3) is 0 Å². The summed E-state index contributed by atoms with van der Waals surface area (Å²) in [4.78, 5) is 11.7. The van der Waals surface area contributed by atoms with Crippen molar-refractivity contribution in [1.82, 2.24) is 15.3 Å². The second kappa shape index (κ2) is 11.7. The Labute approximate surface area is 231 Å². The van der Waals surface area contributed by atoms with Crippen molar-refractivity contribution in [1.29, 1.82) is 5.26 Å². The van der Waals surface area contributed by atoms with Gasteiger partial charge in [-0.15, -0.1) is 0 Å². The predicted molar refractivity (Wildman–Crippen MR) is 152 cm³/mol. The lowest BCUT2D eigenvalue weighted by molar-refractivity contribution is 0.221. The highest BCUT2D eigenvalue weighted by Gasteiger charge is 2.28. The van der Waals surface area contributed by atoms with Crippen LogP contribution in [0.1, 0.15) is 61.9 Å². The molecular weight excluding hydrogens is 494 g/mol. The van der Waals surface area contributed by atoms with Crippen LogP contribution in [0.4, 0.5) is 5.95 Å². The molecule has 2 aliphatic heterocycles. The van der Waals surface area contributed by atoms with Gasteiger partial charge in [-0.25, -0.2) is 9.97 Å². The summed E-state index contributed by atoms with van der Waals surface area (Å²) in [5.41, 5.74) is 3.26. The fourth-order valence-corrected chi connectivity index (χ4v) is 6.05. The van der Waals surface area contributed by atoms with Crippen molar-refractivity contribution in [3.63, 3.8) is 0 Å². The van der Waals surface area contributed by atoms with Crippen LogP contribution in [0, 0.1) is 23.2 Å². The highest BCUT2D eigenvalue weighted by Crippen LogP contribution is 2.35. The number of hydrogen-bond acceptors (Lipinski definition) is 6. The van der Waals surface area contributed by atoms with Crippen molar-refractivity contribution in [2.45, 2.75) is 51.6 Å². The number of nitrogens with one attached hydrogen (secondary N) is 1. The van der Waals surface area contributed by atoms with Crippen LogP contribution in [0.5, 0.6) is 5.75 Å². The molecule has 7 heteroatoms. The van der Waals surface area contributed by atoms with Gasteiger partial charge in [0, 0.05) is 29.7 Å². The number of piperidine rings is 2.